The first-order valence-electron chi connectivity index (χ1n) is 8.18. The minimum absolute atomic E-state index is 0.525. The van der Waals surface area contributed by atoms with Gasteiger partial charge in [0.1, 0.15) is 12.8 Å². The summed E-state index contributed by atoms with van der Waals surface area (Å²) >= 11 is 0. The zero-order valence-corrected chi connectivity index (χ0v) is 14.3. The Morgan fingerprint density at radius 2 is 1.78 bits per heavy atom. The minimum Gasteiger partial charge on any atom is -0.493 e. The van der Waals surface area contributed by atoms with Crippen LogP contribution in [-0.2, 0) is 7.05 Å². The smallest absolute Gasteiger partial charge is 0.213 e. The van der Waals surface area contributed by atoms with Crippen LogP contribution >= 0.6 is 0 Å². The van der Waals surface area contributed by atoms with Crippen molar-refractivity contribution in [3.8, 4) is 17.0 Å². The summed E-state index contributed by atoms with van der Waals surface area (Å²) in [6.45, 7) is 7.22. The van der Waals surface area contributed by atoms with E-state index >= 15 is 0 Å². The lowest BCUT2D eigenvalue weighted by atomic mass is 10.0. The van der Waals surface area contributed by atoms with Crippen LogP contribution in [0.3, 0.4) is 0 Å². The molecular formula is C21H24NO+. The van der Waals surface area contributed by atoms with Crippen LogP contribution < -0.4 is 9.30 Å². The minimum atomic E-state index is 0.525. The van der Waals surface area contributed by atoms with E-state index in [1.165, 1.54) is 27.7 Å². The highest BCUT2D eigenvalue weighted by Gasteiger charge is 2.16. The second kappa shape index (κ2) is 6.41. The second-order valence-corrected chi connectivity index (χ2v) is 6.52. The largest absolute Gasteiger partial charge is 0.493 e. The zero-order chi connectivity index (χ0) is 16.4. The molecule has 0 fully saturated rings. The van der Waals surface area contributed by atoms with E-state index < -0.39 is 0 Å². The maximum absolute atomic E-state index is 5.90. The predicted molar refractivity (Wildman–Crippen MR) is 95.6 cm³/mol. The molecule has 0 saturated carbocycles. The number of ether oxygens (including phenoxy) is 1. The molecule has 3 rings (SSSR count). The van der Waals surface area contributed by atoms with E-state index in [9.17, 15) is 0 Å². The highest BCUT2D eigenvalue weighted by Crippen LogP contribution is 2.27. The number of benzene rings is 2. The predicted octanol–water partition coefficient (Wildman–Crippen LogP) is 4.67. The summed E-state index contributed by atoms with van der Waals surface area (Å²) in [7, 11) is 2.12. The third-order valence-corrected chi connectivity index (χ3v) is 4.15. The van der Waals surface area contributed by atoms with E-state index in [2.05, 4.69) is 87.0 Å². The van der Waals surface area contributed by atoms with Gasteiger partial charge in [0.05, 0.1) is 12.2 Å². The summed E-state index contributed by atoms with van der Waals surface area (Å²) in [4.78, 5) is 0. The summed E-state index contributed by atoms with van der Waals surface area (Å²) in [6, 6.07) is 19.2. The van der Waals surface area contributed by atoms with Gasteiger partial charge in [-0.1, -0.05) is 32.0 Å². The Bertz CT molecular complexity index is 836. The molecule has 118 valence electrons. The van der Waals surface area contributed by atoms with Gasteiger partial charge in [0.15, 0.2) is 0 Å². The van der Waals surface area contributed by atoms with Crippen LogP contribution in [-0.4, -0.2) is 6.61 Å². The van der Waals surface area contributed by atoms with Crippen molar-refractivity contribution >= 4 is 10.9 Å². The van der Waals surface area contributed by atoms with E-state index in [4.69, 9.17) is 4.74 Å². The number of aromatic nitrogens is 1. The van der Waals surface area contributed by atoms with Crippen LogP contribution in [0.5, 0.6) is 5.75 Å². The van der Waals surface area contributed by atoms with Crippen molar-refractivity contribution in [2.45, 2.75) is 20.8 Å². The van der Waals surface area contributed by atoms with Crippen molar-refractivity contribution in [1.82, 2.24) is 0 Å². The van der Waals surface area contributed by atoms with Crippen molar-refractivity contribution < 1.29 is 9.30 Å². The summed E-state index contributed by atoms with van der Waals surface area (Å²) in [5, 5.41) is 1.25. The molecule has 0 unspecified atom stereocenters. The Morgan fingerprint density at radius 3 is 2.57 bits per heavy atom. The second-order valence-electron chi connectivity index (χ2n) is 6.52. The summed E-state index contributed by atoms with van der Waals surface area (Å²) in [6.07, 6.45) is 0. The normalized spacial score (nSPS) is 11.2. The van der Waals surface area contributed by atoms with Crippen LogP contribution in [0.15, 0.2) is 54.6 Å². The number of rotatable bonds is 4. The fourth-order valence-electron chi connectivity index (χ4n) is 2.84. The van der Waals surface area contributed by atoms with Crippen LogP contribution in [0, 0.1) is 12.8 Å². The van der Waals surface area contributed by atoms with E-state index in [0.29, 0.717) is 5.92 Å². The molecule has 0 atom stereocenters. The Hall–Kier alpha value is -2.35. The standard InChI is InChI=1S/C21H24NO/c1-15(2)14-23-18-11-9-16(3)19(13-18)21-12-10-17-7-5-6-8-20(17)22(21)4/h5-13,15H,14H2,1-4H3/q+1. The van der Waals surface area contributed by atoms with Crippen molar-refractivity contribution in [2.75, 3.05) is 6.61 Å². The van der Waals surface area contributed by atoms with Gasteiger partial charge in [0.25, 0.3) is 0 Å². The molecule has 1 heterocycles. The first kappa shape index (κ1) is 15.5. The van der Waals surface area contributed by atoms with Crippen molar-refractivity contribution in [1.29, 1.82) is 0 Å². The fourth-order valence-corrected chi connectivity index (χ4v) is 2.84. The fraction of sp³-hybridized carbons (Fsp3) is 0.286. The Balaban J connectivity index is 2.07. The zero-order valence-electron chi connectivity index (χ0n) is 14.3. The lowest BCUT2D eigenvalue weighted by Gasteiger charge is -2.11. The number of para-hydroxylation sites is 1. The molecule has 0 aliphatic carbocycles. The third-order valence-electron chi connectivity index (χ3n) is 4.15. The molecule has 0 spiro atoms. The van der Waals surface area contributed by atoms with Gasteiger partial charge in [-0.2, -0.15) is 4.57 Å². The molecule has 0 saturated heterocycles. The summed E-state index contributed by atoms with van der Waals surface area (Å²) in [5.41, 5.74) is 4.92. The lowest BCUT2D eigenvalue weighted by Crippen LogP contribution is -2.32. The maximum Gasteiger partial charge on any atom is 0.213 e. The van der Waals surface area contributed by atoms with Crippen molar-refractivity contribution in [2.24, 2.45) is 13.0 Å². The number of pyridine rings is 1. The Kier molecular flexibility index (Phi) is 4.33. The third kappa shape index (κ3) is 3.21. The number of nitrogens with zero attached hydrogens (tertiary/aromatic N) is 1. The average Bonchev–Trinajstić information content (AvgIpc) is 2.55. The van der Waals surface area contributed by atoms with Crippen LogP contribution in [0.4, 0.5) is 0 Å². The van der Waals surface area contributed by atoms with Gasteiger partial charge in [-0.15, -0.1) is 0 Å². The highest BCUT2D eigenvalue weighted by atomic mass is 16.5. The van der Waals surface area contributed by atoms with Gasteiger partial charge >= 0.3 is 0 Å². The monoisotopic (exact) mass is 306 g/mol. The van der Waals surface area contributed by atoms with E-state index in [1.807, 2.05) is 0 Å². The molecule has 0 amide bonds. The number of aryl methyl sites for hydroxylation is 2. The molecule has 2 heteroatoms. The number of fused-ring (bicyclic) bond motifs is 1. The number of hydrogen-bond acceptors (Lipinski definition) is 1. The molecule has 1 aromatic heterocycles. The van der Waals surface area contributed by atoms with E-state index in [0.717, 1.165) is 12.4 Å². The van der Waals surface area contributed by atoms with Gasteiger partial charge < -0.3 is 4.74 Å². The maximum atomic E-state index is 5.90. The molecular weight excluding hydrogens is 282 g/mol. The van der Waals surface area contributed by atoms with E-state index in [1.54, 1.807) is 0 Å². The SMILES string of the molecule is Cc1ccc(OCC(C)C)cc1-c1ccc2ccccc2[n+]1C. The molecule has 0 aliphatic heterocycles. The highest BCUT2D eigenvalue weighted by molar-refractivity contribution is 5.78. The van der Waals surface area contributed by atoms with Gasteiger partial charge in [-0.25, -0.2) is 0 Å². The molecule has 0 aliphatic rings. The average molecular weight is 306 g/mol. The Labute approximate surface area is 138 Å². The van der Waals surface area contributed by atoms with Gasteiger partial charge in [-0.05, 0) is 42.7 Å². The van der Waals surface area contributed by atoms with Crippen LogP contribution in [0.2, 0.25) is 0 Å². The first-order valence-corrected chi connectivity index (χ1v) is 8.18. The Morgan fingerprint density at radius 1 is 1.00 bits per heavy atom. The summed E-state index contributed by atoms with van der Waals surface area (Å²) < 4.78 is 8.16. The number of hydrogen-bond donors (Lipinski definition) is 0. The first-order chi connectivity index (χ1) is 11.1. The van der Waals surface area contributed by atoms with Crippen LogP contribution in [0.25, 0.3) is 22.2 Å². The van der Waals surface area contributed by atoms with Gasteiger partial charge in [0, 0.05) is 17.5 Å². The van der Waals surface area contributed by atoms with Crippen LogP contribution in [0.1, 0.15) is 19.4 Å². The van der Waals surface area contributed by atoms with E-state index in [-0.39, 0.29) is 0 Å². The lowest BCUT2D eigenvalue weighted by molar-refractivity contribution is -0.633. The molecule has 3 aromatic rings. The quantitative estimate of drug-likeness (QED) is 0.638. The van der Waals surface area contributed by atoms with Crippen molar-refractivity contribution in [3.63, 3.8) is 0 Å². The van der Waals surface area contributed by atoms with Gasteiger partial charge in [0.2, 0.25) is 11.2 Å². The topological polar surface area (TPSA) is 13.1 Å². The molecule has 0 N–H and O–H groups in total. The molecule has 0 radical (unpaired) electrons. The van der Waals surface area contributed by atoms with Gasteiger partial charge in [-0.3, -0.25) is 0 Å². The molecule has 2 aromatic carbocycles. The summed E-state index contributed by atoms with van der Waals surface area (Å²) in [5.74, 6) is 1.46. The molecule has 2 nitrogen and oxygen atoms in total. The molecule has 23 heavy (non-hydrogen) atoms. The molecule has 0 bridgehead atoms. The van der Waals surface area contributed by atoms with Crippen molar-refractivity contribution in [3.05, 3.63) is 60.2 Å².